The lowest BCUT2D eigenvalue weighted by Crippen LogP contribution is -2.09. The van der Waals surface area contributed by atoms with Crippen molar-refractivity contribution in [3.8, 4) is 0 Å². The molecule has 1 aromatic carbocycles. The molecule has 3 rings (SSSR count). The quantitative estimate of drug-likeness (QED) is 0.745. The first kappa shape index (κ1) is 14.0. The summed E-state index contributed by atoms with van der Waals surface area (Å²) in [6.45, 7) is 0.644. The number of aliphatic hydroxyl groups is 1. The summed E-state index contributed by atoms with van der Waals surface area (Å²) in [6.07, 6.45) is 3.72. The molecular weight excluding hydrogens is 332 g/mol. The topological polar surface area (TPSA) is 62.5 Å². The van der Waals surface area contributed by atoms with Crippen LogP contribution in [0.5, 0.6) is 0 Å². The smallest absolute Gasteiger partial charge is 0.171 e. The molecule has 0 spiro atoms. The average molecular weight is 347 g/mol. The first-order chi connectivity index (χ1) is 10.2. The van der Waals surface area contributed by atoms with Crippen LogP contribution < -0.4 is 5.32 Å². The van der Waals surface area contributed by atoms with E-state index in [-0.39, 0.29) is 0 Å². The molecule has 0 aliphatic heterocycles. The number of fused-ring (bicyclic) bond motifs is 1. The summed E-state index contributed by atoms with van der Waals surface area (Å²) in [5.74, 6) is 0.768. The predicted octanol–water partition coefficient (Wildman–Crippen LogP) is 3.03. The molecular formula is C15H15BrN4O. The van der Waals surface area contributed by atoms with Crippen LogP contribution in [0.4, 0.5) is 5.82 Å². The highest BCUT2D eigenvalue weighted by atomic mass is 79.9. The van der Waals surface area contributed by atoms with Crippen LogP contribution in [0.3, 0.4) is 0 Å². The van der Waals surface area contributed by atoms with E-state index in [9.17, 15) is 5.11 Å². The zero-order valence-corrected chi connectivity index (χ0v) is 12.9. The number of benzene rings is 1. The van der Waals surface area contributed by atoms with Gasteiger partial charge in [-0.3, -0.25) is 0 Å². The van der Waals surface area contributed by atoms with Crippen LogP contribution in [0.1, 0.15) is 18.1 Å². The van der Waals surface area contributed by atoms with E-state index < -0.39 is 6.10 Å². The molecule has 5 nitrogen and oxygen atoms in total. The lowest BCUT2D eigenvalue weighted by atomic mass is 10.1. The van der Waals surface area contributed by atoms with Crippen molar-refractivity contribution >= 4 is 27.4 Å². The first-order valence-electron chi connectivity index (χ1n) is 6.71. The normalized spacial score (nSPS) is 12.5. The molecule has 0 bridgehead atoms. The Labute approximate surface area is 130 Å². The standard InChI is InChI=1S/C15H15BrN4O/c16-12-10-18-20-9-7-14(19-15(12)20)17-8-6-13(21)11-4-2-1-3-5-11/h1-5,7,9-10,13,21H,6,8H2,(H,17,19)/t13-/m1/s1. The van der Waals surface area contributed by atoms with Crippen LogP contribution in [0.15, 0.2) is 53.3 Å². The SMILES string of the molecule is O[C@H](CCNc1ccn2ncc(Br)c2n1)c1ccccc1. The molecule has 21 heavy (non-hydrogen) atoms. The minimum absolute atomic E-state index is 0.468. The number of nitrogens with one attached hydrogen (secondary N) is 1. The second kappa shape index (κ2) is 6.24. The molecule has 2 aromatic heterocycles. The van der Waals surface area contributed by atoms with Gasteiger partial charge in [-0.2, -0.15) is 5.10 Å². The Morgan fingerprint density at radius 2 is 2.05 bits per heavy atom. The van der Waals surface area contributed by atoms with Gasteiger partial charge in [0.1, 0.15) is 5.82 Å². The van der Waals surface area contributed by atoms with Crippen molar-refractivity contribution in [2.75, 3.05) is 11.9 Å². The molecule has 0 aliphatic carbocycles. The number of halogens is 1. The summed E-state index contributed by atoms with van der Waals surface area (Å²) in [6, 6.07) is 11.5. The Morgan fingerprint density at radius 3 is 2.86 bits per heavy atom. The summed E-state index contributed by atoms with van der Waals surface area (Å²) < 4.78 is 2.56. The highest BCUT2D eigenvalue weighted by Crippen LogP contribution is 2.18. The third kappa shape index (κ3) is 3.22. The van der Waals surface area contributed by atoms with E-state index in [1.165, 1.54) is 0 Å². The number of aliphatic hydroxyl groups excluding tert-OH is 1. The molecule has 0 unspecified atom stereocenters. The van der Waals surface area contributed by atoms with Gasteiger partial charge in [0.25, 0.3) is 0 Å². The summed E-state index contributed by atoms with van der Waals surface area (Å²) in [5.41, 5.74) is 1.70. The van der Waals surface area contributed by atoms with E-state index in [0.29, 0.717) is 13.0 Å². The molecule has 2 N–H and O–H groups in total. The fourth-order valence-electron chi connectivity index (χ4n) is 2.12. The van der Waals surface area contributed by atoms with E-state index in [1.54, 1.807) is 10.7 Å². The highest BCUT2D eigenvalue weighted by Gasteiger charge is 2.07. The maximum absolute atomic E-state index is 10.1. The van der Waals surface area contributed by atoms with Gasteiger partial charge in [-0.15, -0.1) is 0 Å². The molecule has 0 radical (unpaired) electrons. The van der Waals surface area contributed by atoms with Crippen molar-refractivity contribution in [3.05, 3.63) is 58.8 Å². The molecule has 0 saturated carbocycles. The maximum atomic E-state index is 10.1. The van der Waals surface area contributed by atoms with Gasteiger partial charge in [0.15, 0.2) is 5.65 Å². The minimum Gasteiger partial charge on any atom is -0.388 e. The predicted molar refractivity (Wildman–Crippen MR) is 85.2 cm³/mol. The summed E-state index contributed by atoms with van der Waals surface area (Å²) >= 11 is 3.41. The Bertz CT molecular complexity index is 729. The van der Waals surface area contributed by atoms with Crippen molar-refractivity contribution in [2.45, 2.75) is 12.5 Å². The largest absolute Gasteiger partial charge is 0.388 e. The van der Waals surface area contributed by atoms with E-state index in [1.807, 2.05) is 42.6 Å². The second-order valence-corrected chi connectivity index (χ2v) is 5.57. The zero-order valence-electron chi connectivity index (χ0n) is 11.3. The molecule has 6 heteroatoms. The fraction of sp³-hybridized carbons (Fsp3) is 0.200. The van der Waals surface area contributed by atoms with Crippen molar-refractivity contribution in [3.63, 3.8) is 0 Å². The van der Waals surface area contributed by atoms with Gasteiger partial charge in [0.2, 0.25) is 0 Å². The third-order valence-corrected chi connectivity index (χ3v) is 3.79. The minimum atomic E-state index is -0.468. The number of hydrogen-bond donors (Lipinski definition) is 2. The van der Waals surface area contributed by atoms with Crippen LogP contribution >= 0.6 is 15.9 Å². The number of rotatable bonds is 5. The van der Waals surface area contributed by atoms with Crippen molar-refractivity contribution in [1.82, 2.24) is 14.6 Å². The fourth-order valence-corrected chi connectivity index (χ4v) is 2.48. The number of nitrogens with zero attached hydrogens (tertiary/aromatic N) is 3. The van der Waals surface area contributed by atoms with Crippen LogP contribution in [-0.4, -0.2) is 26.2 Å². The summed E-state index contributed by atoms with van der Waals surface area (Å²) in [7, 11) is 0. The van der Waals surface area contributed by atoms with Crippen LogP contribution in [-0.2, 0) is 0 Å². The summed E-state index contributed by atoms with van der Waals surface area (Å²) in [4.78, 5) is 4.47. The number of aromatic nitrogens is 3. The molecule has 2 heterocycles. The van der Waals surface area contributed by atoms with Gasteiger partial charge in [-0.25, -0.2) is 9.50 Å². The first-order valence-corrected chi connectivity index (χ1v) is 7.50. The molecule has 0 saturated heterocycles. The van der Waals surface area contributed by atoms with Crippen molar-refractivity contribution in [2.24, 2.45) is 0 Å². The van der Waals surface area contributed by atoms with E-state index in [0.717, 1.165) is 21.5 Å². The zero-order chi connectivity index (χ0) is 14.7. The molecule has 1 atom stereocenters. The van der Waals surface area contributed by atoms with Crippen molar-refractivity contribution in [1.29, 1.82) is 0 Å². The van der Waals surface area contributed by atoms with Crippen molar-refractivity contribution < 1.29 is 5.11 Å². The van der Waals surface area contributed by atoms with Gasteiger partial charge < -0.3 is 10.4 Å². The van der Waals surface area contributed by atoms with Gasteiger partial charge in [-0.05, 0) is 34.0 Å². The molecule has 3 aromatic rings. The van der Waals surface area contributed by atoms with Gasteiger partial charge in [-0.1, -0.05) is 30.3 Å². The van der Waals surface area contributed by atoms with Gasteiger partial charge in [0, 0.05) is 12.7 Å². The lowest BCUT2D eigenvalue weighted by molar-refractivity contribution is 0.171. The Kier molecular flexibility index (Phi) is 4.17. The second-order valence-electron chi connectivity index (χ2n) is 4.72. The molecule has 0 amide bonds. The van der Waals surface area contributed by atoms with Crippen LogP contribution in [0, 0.1) is 0 Å². The Hall–Kier alpha value is -1.92. The lowest BCUT2D eigenvalue weighted by Gasteiger charge is -2.12. The van der Waals surface area contributed by atoms with Crippen LogP contribution in [0.25, 0.3) is 5.65 Å². The van der Waals surface area contributed by atoms with E-state index in [4.69, 9.17) is 0 Å². The highest BCUT2D eigenvalue weighted by molar-refractivity contribution is 9.10. The van der Waals surface area contributed by atoms with E-state index in [2.05, 4.69) is 31.3 Å². The van der Waals surface area contributed by atoms with Crippen LogP contribution in [0.2, 0.25) is 0 Å². The number of hydrogen-bond acceptors (Lipinski definition) is 4. The van der Waals surface area contributed by atoms with Gasteiger partial charge >= 0.3 is 0 Å². The molecule has 0 fully saturated rings. The number of anilines is 1. The monoisotopic (exact) mass is 346 g/mol. The Morgan fingerprint density at radius 1 is 1.24 bits per heavy atom. The Balaban J connectivity index is 1.60. The molecule has 0 aliphatic rings. The summed E-state index contributed by atoms with van der Waals surface area (Å²) in [5, 5.41) is 17.5. The maximum Gasteiger partial charge on any atom is 0.171 e. The third-order valence-electron chi connectivity index (χ3n) is 3.23. The van der Waals surface area contributed by atoms with E-state index >= 15 is 0 Å². The molecule has 108 valence electrons. The average Bonchev–Trinajstić information content (AvgIpc) is 2.89. The van der Waals surface area contributed by atoms with Gasteiger partial charge in [0.05, 0.1) is 16.8 Å².